The van der Waals surface area contributed by atoms with Gasteiger partial charge in [-0.2, -0.15) is 0 Å². The monoisotopic (exact) mass is 177 g/mol. The van der Waals surface area contributed by atoms with Gasteiger partial charge in [-0.25, -0.2) is 0 Å². The Hall–Kier alpha value is -0.330. The predicted octanol–water partition coefficient (Wildman–Crippen LogP) is 3.05. The maximum Gasteiger partial charge on any atom is 0.0389 e. The van der Waals surface area contributed by atoms with E-state index in [0.29, 0.717) is 0 Å². The van der Waals surface area contributed by atoms with E-state index < -0.39 is 0 Å². The van der Waals surface area contributed by atoms with Gasteiger partial charge in [-0.3, -0.25) is 4.99 Å². The molecule has 0 aromatic carbocycles. The minimum Gasteiger partial charge on any atom is -0.294 e. The average molecular weight is 177 g/mol. The van der Waals surface area contributed by atoms with Crippen molar-refractivity contribution in [2.45, 2.75) is 44.9 Å². The van der Waals surface area contributed by atoms with Gasteiger partial charge in [0.25, 0.3) is 0 Å². The van der Waals surface area contributed by atoms with Gasteiger partial charge in [0.2, 0.25) is 0 Å². The molecule has 3 rings (SSSR count). The standard InChI is InChI=1S/C12H19N/c1-3-9-7-11-5-2-6-13-12(11)8-10(9)4-1/h9-11H,1-8H2. The van der Waals surface area contributed by atoms with E-state index >= 15 is 0 Å². The van der Waals surface area contributed by atoms with Crippen LogP contribution >= 0.6 is 0 Å². The summed E-state index contributed by atoms with van der Waals surface area (Å²) < 4.78 is 0. The summed E-state index contributed by atoms with van der Waals surface area (Å²) in [5, 5.41) is 0. The molecule has 0 N–H and O–H groups in total. The predicted molar refractivity (Wildman–Crippen MR) is 55.1 cm³/mol. The molecule has 0 spiro atoms. The lowest BCUT2D eigenvalue weighted by molar-refractivity contribution is 0.292. The fourth-order valence-corrected chi connectivity index (χ4v) is 3.67. The first-order valence-corrected chi connectivity index (χ1v) is 5.96. The largest absolute Gasteiger partial charge is 0.294 e. The smallest absolute Gasteiger partial charge is 0.0389 e. The van der Waals surface area contributed by atoms with E-state index in [2.05, 4.69) is 0 Å². The van der Waals surface area contributed by atoms with Crippen LogP contribution in [0.25, 0.3) is 0 Å². The highest BCUT2D eigenvalue weighted by atomic mass is 14.8. The van der Waals surface area contributed by atoms with Crippen molar-refractivity contribution in [2.24, 2.45) is 22.7 Å². The normalized spacial score (nSPS) is 43.7. The van der Waals surface area contributed by atoms with Gasteiger partial charge in [-0.15, -0.1) is 0 Å². The van der Waals surface area contributed by atoms with Crippen LogP contribution in [0.5, 0.6) is 0 Å². The van der Waals surface area contributed by atoms with Crippen molar-refractivity contribution >= 4 is 5.71 Å². The van der Waals surface area contributed by atoms with Crippen molar-refractivity contribution in [3.63, 3.8) is 0 Å². The van der Waals surface area contributed by atoms with Crippen molar-refractivity contribution < 1.29 is 0 Å². The fourth-order valence-electron chi connectivity index (χ4n) is 3.67. The van der Waals surface area contributed by atoms with E-state index in [9.17, 15) is 0 Å². The van der Waals surface area contributed by atoms with Crippen LogP contribution in [-0.2, 0) is 0 Å². The van der Waals surface area contributed by atoms with Crippen molar-refractivity contribution in [1.29, 1.82) is 0 Å². The van der Waals surface area contributed by atoms with E-state index in [4.69, 9.17) is 4.99 Å². The lowest BCUT2D eigenvalue weighted by Crippen LogP contribution is -2.31. The fraction of sp³-hybridized carbons (Fsp3) is 0.917. The second-order valence-corrected chi connectivity index (χ2v) is 5.10. The molecule has 1 heteroatoms. The number of hydrogen-bond donors (Lipinski definition) is 0. The third kappa shape index (κ3) is 1.33. The van der Waals surface area contributed by atoms with Crippen molar-refractivity contribution in [3.8, 4) is 0 Å². The van der Waals surface area contributed by atoms with Gasteiger partial charge < -0.3 is 0 Å². The maximum atomic E-state index is 4.73. The third-order valence-corrected chi connectivity index (χ3v) is 4.37. The minimum absolute atomic E-state index is 0.910. The van der Waals surface area contributed by atoms with Gasteiger partial charge in [-0.1, -0.05) is 12.8 Å². The van der Waals surface area contributed by atoms with E-state index in [1.807, 2.05) is 0 Å². The average Bonchev–Trinajstić information content (AvgIpc) is 2.61. The van der Waals surface area contributed by atoms with Gasteiger partial charge in [0.15, 0.2) is 0 Å². The third-order valence-electron chi connectivity index (χ3n) is 4.37. The van der Waals surface area contributed by atoms with Gasteiger partial charge >= 0.3 is 0 Å². The molecule has 2 saturated carbocycles. The summed E-state index contributed by atoms with van der Waals surface area (Å²) in [5.41, 5.74) is 1.61. The Kier molecular flexibility index (Phi) is 1.92. The van der Waals surface area contributed by atoms with Crippen LogP contribution in [0.15, 0.2) is 4.99 Å². The van der Waals surface area contributed by atoms with Gasteiger partial charge in [0, 0.05) is 12.3 Å². The van der Waals surface area contributed by atoms with Crippen molar-refractivity contribution in [3.05, 3.63) is 0 Å². The van der Waals surface area contributed by atoms with Crippen molar-refractivity contribution in [2.75, 3.05) is 6.54 Å². The van der Waals surface area contributed by atoms with E-state index in [-0.39, 0.29) is 0 Å². The van der Waals surface area contributed by atoms with E-state index in [1.54, 1.807) is 5.71 Å². The van der Waals surface area contributed by atoms with Crippen molar-refractivity contribution in [1.82, 2.24) is 0 Å². The number of rotatable bonds is 0. The first-order valence-electron chi connectivity index (χ1n) is 5.96. The molecule has 13 heavy (non-hydrogen) atoms. The number of nitrogens with zero attached hydrogens (tertiary/aromatic N) is 1. The van der Waals surface area contributed by atoms with Crippen LogP contribution in [0, 0.1) is 17.8 Å². The molecule has 0 radical (unpaired) electrons. The summed E-state index contributed by atoms with van der Waals surface area (Å²) in [6.07, 6.45) is 10.2. The molecule has 0 aromatic heterocycles. The molecule has 0 bridgehead atoms. The molecule has 3 unspecified atom stereocenters. The van der Waals surface area contributed by atoms with Crippen LogP contribution in [-0.4, -0.2) is 12.3 Å². The summed E-state index contributed by atoms with van der Waals surface area (Å²) in [4.78, 5) is 4.73. The number of fused-ring (bicyclic) bond motifs is 2. The van der Waals surface area contributed by atoms with Gasteiger partial charge in [-0.05, 0) is 49.9 Å². The van der Waals surface area contributed by atoms with Crippen LogP contribution in [0.3, 0.4) is 0 Å². The van der Waals surface area contributed by atoms with Crippen LogP contribution in [0.2, 0.25) is 0 Å². The second-order valence-electron chi connectivity index (χ2n) is 5.10. The quantitative estimate of drug-likeness (QED) is 0.539. The van der Waals surface area contributed by atoms with Gasteiger partial charge in [0.1, 0.15) is 0 Å². The Morgan fingerprint density at radius 3 is 2.92 bits per heavy atom. The van der Waals surface area contributed by atoms with Gasteiger partial charge in [0.05, 0.1) is 0 Å². The topological polar surface area (TPSA) is 12.4 Å². The Morgan fingerprint density at radius 1 is 1.00 bits per heavy atom. The van der Waals surface area contributed by atoms with Crippen LogP contribution < -0.4 is 0 Å². The van der Waals surface area contributed by atoms with Crippen LogP contribution in [0.1, 0.15) is 44.9 Å². The Labute approximate surface area is 80.6 Å². The van der Waals surface area contributed by atoms with E-state index in [0.717, 1.165) is 24.3 Å². The molecule has 0 amide bonds. The molecule has 72 valence electrons. The molecule has 0 aromatic rings. The lowest BCUT2D eigenvalue weighted by atomic mass is 9.72. The molecule has 2 fully saturated rings. The highest BCUT2D eigenvalue weighted by Gasteiger charge is 2.37. The van der Waals surface area contributed by atoms with Crippen LogP contribution in [0.4, 0.5) is 0 Å². The summed E-state index contributed by atoms with van der Waals surface area (Å²) in [5.74, 6) is 3.03. The first kappa shape index (κ1) is 8.02. The zero-order valence-electron chi connectivity index (χ0n) is 8.34. The maximum absolute atomic E-state index is 4.73. The number of aliphatic imine (C=N–C) groups is 1. The molecule has 2 aliphatic carbocycles. The second kappa shape index (κ2) is 3.11. The SMILES string of the molecule is C1CN=C2CC3CCCC3CC2C1. The molecular weight excluding hydrogens is 158 g/mol. The Morgan fingerprint density at radius 2 is 1.92 bits per heavy atom. The summed E-state index contributed by atoms with van der Waals surface area (Å²) in [7, 11) is 0. The molecule has 0 saturated heterocycles. The summed E-state index contributed by atoms with van der Waals surface area (Å²) in [6, 6.07) is 0. The Balaban J connectivity index is 1.80. The summed E-state index contributed by atoms with van der Waals surface area (Å²) >= 11 is 0. The molecule has 1 nitrogen and oxygen atoms in total. The van der Waals surface area contributed by atoms with E-state index in [1.165, 1.54) is 44.9 Å². The first-order chi connectivity index (χ1) is 6.43. The Bertz CT molecular complexity index is 231. The molecule has 3 atom stereocenters. The number of hydrogen-bond acceptors (Lipinski definition) is 1. The zero-order valence-corrected chi connectivity index (χ0v) is 8.34. The molecule has 1 heterocycles. The highest BCUT2D eigenvalue weighted by molar-refractivity contribution is 5.88. The lowest BCUT2D eigenvalue weighted by Gasteiger charge is -2.35. The highest BCUT2D eigenvalue weighted by Crippen LogP contribution is 2.45. The zero-order chi connectivity index (χ0) is 8.67. The minimum atomic E-state index is 0.910. The molecular formula is C12H19N. The summed E-state index contributed by atoms with van der Waals surface area (Å²) in [6.45, 7) is 1.13. The molecule has 3 aliphatic rings. The molecule has 1 aliphatic heterocycles.